The van der Waals surface area contributed by atoms with Crippen molar-refractivity contribution >= 4 is 0 Å². The van der Waals surface area contributed by atoms with Crippen LogP contribution in [0, 0.1) is 0 Å². The van der Waals surface area contributed by atoms with Crippen LogP contribution in [0.3, 0.4) is 0 Å². The first-order valence-corrected chi connectivity index (χ1v) is 8.05. The molecule has 3 aliphatic heterocycles. The van der Waals surface area contributed by atoms with Crippen LogP contribution in [0.2, 0.25) is 0 Å². The predicted molar refractivity (Wildman–Crippen MR) is 86.0 cm³/mol. The minimum atomic E-state index is 0. The molecule has 0 aromatic heterocycles. The van der Waals surface area contributed by atoms with Crippen LogP contribution in [0.15, 0.2) is 60.7 Å². The quantitative estimate of drug-likeness (QED) is 0.717. The van der Waals surface area contributed by atoms with Crippen molar-refractivity contribution in [3.8, 4) is 0 Å². The zero-order valence-corrected chi connectivity index (χ0v) is 13.6. The van der Waals surface area contributed by atoms with Crippen molar-refractivity contribution in [2.75, 3.05) is 39.3 Å². The molecule has 5 rings (SSSR count). The lowest BCUT2D eigenvalue weighted by molar-refractivity contribution is -0.963. The van der Waals surface area contributed by atoms with Gasteiger partial charge >= 0.3 is 0 Å². The van der Waals surface area contributed by atoms with Crippen molar-refractivity contribution in [1.29, 1.82) is 0 Å². The summed E-state index contributed by atoms with van der Waals surface area (Å²) in [4.78, 5) is 2.62. The van der Waals surface area contributed by atoms with Gasteiger partial charge in [-0.3, -0.25) is 4.90 Å². The number of hydrogen-bond donors (Lipinski definition) is 0. The van der Waals surface area contributed by atoms with E-state index in [9.17, 15) is 0 Å². The fraction of sp³-hybridized carbons (Fsp3) is 0.368. The number of quaternary nitrogens is 1. The third-order valence-corrected chi connectivity index (χ3v) is 5.36. The number of rotatable bonds is 3. The molecule has 0 saturated carbocycles. The topological polar surface area (TPSA) is 3.24 Å². The summed E-state index contributed by atoms with van der Waals surface area (Å²) < 4.78 is 1.24. The maximum atomic E-state index is 2.62. The molecule has 3 aliphatic rings. The Morgan fingerprint density at radius 1 is 0.682 bits per heavy atom. The Kier molecular flexibility index (Phi) is 4.53. The molecular formula is C19H23ClN2. The van der Waals surface area contributed by atoms with Crippen LogP contribution in [-0.2, 0) is 0 Å². The Hall–Kier alpha value is -1.35. The van der Waals surface area contributed by atoms with E-state index in [1.807, 2.05) is 0 Å². The number of fused-ring (bicyclic) bond motifs is 3. The molecule has 0 amide bonds. The van der Waals surface area contributed by atoms with Crippen LogP contribution >= 0.6 is 0 Å². The fourth-order valence-corrected chi connectivity index (χ4v) is 4.18. The first-order chi connectivity index (χ1) is 10.4. The molecule has 3 fully saturated rings. The summed E-state index contributed by atoms with van der Waals surface area (Å²) in [6, 6.07) is 22.7. The number of nitrogens with zero attached hydrogens (tertiary/aromatic N) is 2. The van der Waals surface area contributed by atoms with Crippen LogP contribution in [0.5, 0.6) is 0 Å². The Labute approximate surface area is 139 Å². The Balaban J connectivity index is 0.00000144. The molecule has 22 heavy (non-hydrogen) atoms. The monoisotopic (exact) mass is 314 g/mol. The van der Waals surface area contributed by atoms with Crippen molar-refractivity contribution in [2.24, 2.45) is 0 Å². The van der Waals surface area contributed by atoms with E-state index in [0.717, 1.165) is 0 Å². The second-order valence-electron chi connectivity index (χ2n) is 6.45. The predicted octanol–water partition coefficient (Wildman–Crippen LogP) is -0.0740. The third-order valence-electron chi connectivity index (χ3n) is 5.36. The van der Waals surface area contributed by atoms with Crippen LogP contribution in [0.1, 0.15) is 17.2 Å². The number of halogens is 1. The molecule has 0 radical (unpaired) electrons. The maximum absolute atomic E-state index is 2.62. The van der Waals surface area contributed by atoms with E-state index in [0.29, 0.717) is 6.04 Å². The molecule has 0 N–H and O–H groups in total. The summed E-state index contributed by atoms with van der Waals surface area (Å²) in [5.74, 6) is 0. The largest absolute Gasteiger partial charge is 1.00 e. The van der Waals surface area contributed by atoms with E-state index >= 15 is 0 Å². The van der Waals surface area contributed by atoms with Crippen LogP contribution in [0.25, 0.3) is 0 Å². The highest BCUT2D eigenvalue weighted by molar-refractivity contribution is 5.30. The fourth-order valence-electron chi connectivity index (χ4n) is 4.18. The van der Waals surface area contributed by atoms with Crippen LogP contribution in [0.4, 0.5) is 0 Å². The van der Waals surface area contributed by atoms with E-state index in [1.54, 1.807) is 0 Å². The van der Waals surface area contributed by atoms with Crippen molar-refractivity contribution < 1.29 is 16.9 Å². The van der Waals surface area contributed by atoms with Gasteiger partial charge in [0.1, 0.15) is 6.04 Å². The van der Waals surface area contributed by atoms with Gasteiger partial charge in [0.2, 0.25) is 0 Å². The highest BCUT2D eigenvalue weighted by Crippen LogP contribution is 2.38. The molecule has 2 aromatic carbocycles. The van der Waals surface area contributed by atoms with Gasteiger partial charge in [-0.05, 0) is 0 Å². The molecule has 3 saturated heterocycles. The molecule has 0 atom stereocenters. The summed E-state index contributed by atoms with van der Waals surface area (Å²) in [6.07, 6.45) is 0. The summed E-state index contributed by atoms with van der Waals surface area (Å²) >= 11 is 0. The van der Waals surface area contributed by atoms with E-state index in [4.69, 9.17) is 0 Å². The van der Waals surface area contributed by atoms with Gasteiger partial charge < -0.3 is 16.9 Å². The lowest BCUT2D eigenvalue weighted by atomic mass is 9.92. The van der Waals surface area contributed by atoms with Crippen molar-refractivity contribution in [2.45, 2.75) is 6.04 Å². The molecule has 3 heterocycles. The van der Waals surface area contributed by atoms with E-state index in [-0.39, 0.29) is 12.4 Å². The summed E-state index contributed by atoms with van der Waals surface area (Å²) in [6.45, 7) is 7.64. The first kappa shape index (κ1) is 15.5. The minimum absolute atomic E-state index is 0. The average molecular weight is 315 g/mol. The summed E-state index contributed by atoms with van der Waals surface area (Å²) in [7, 11) is 0. The molecule has 2 aromatic rings. The normalized spacial score (nSPS) is 26.7. The van der Waals surface area contributed by atoms with Gasteiger partial charge in [0, 0.05) is 30.8 Å². The molecule has 0 spiro atoms. The van der Waals surface area contributed by atoms with Gasteiger partial charge in [-0.25, -0.2) is 0 Å². The van der Waals surface area contributed by atoms with Gasteiger partial charge in [0.25, 0.3) is 0 Å². The molecule has 3 heteroatoms. The highest BCUT2D eigenvalue weighted by atomic mass is 35.5. The highest BCUT2D eigenvalue weighted by Gasteiger charge is 2.45. The van der Waals surface area contributed by atoms with Gasteiger partial charge in [-0.1, -0.05) is 60.7 Å². The number of piperazine rings is 3. The number of benzene rings is 2. The standard InChI is InChI=1S/C19H23N2.ClH/c1-3-7-17(8-4-1)19(18-9-5-2-6-10-18)21-14-11-20(12-15-21)13-16-21;/h1-10,19H,11-16H2;1H/q+1;/p-1. The van der Waals surface area contributed by atoms with E-state index in [2.05, 4.69) is 65.6 Å². The average Bonchev–Trinajstić information content (AvgIpc) is 2.58. The van der Waals surface area contributed by atoms with Gasteiger partial charge in [0.05, 0.1) is 19.6 Å². The lowest BCUT2D eigenvalue weighted by Crippen LogP contribution is -3.00. The maximum Gasteiger partial charge on any atom is 0.141 e. The molecule has 0 aliphatic carbocycles. The second-order valence-corrected chi connectivity index (χ2v) is 6.45. The number of hydrogen-bond acceptors (Lipinski definition) is 1. The van der Waals surface area contributed by atoms with Crippen LogP contribution in [-0.4, -0.2) is 48.7 Å². The lowest BCUT2D eigenvalue weighted by Gasteiger charge is -2.54. The molecule has 116 valence electrons. The Morgan fingerprint density at radius 2 is 1.09 bits per heavy atom. The second kappa shape index (κ2) is 6.41. The van der Waals surface area contributed by atoms with Crippen molar-refractivity contribution in [3.63, 3.8) is 0 Å². The Bertz CT molecular complexity index is 538. The smallest absolute Gasteiger partial charge is 0.141 e. The van der Waals surface area contributed by atoms with Crippen LogP contribution < -0.4 is 12.4 Å². The molecule has 2 nitrogen and oxygen atoms in total. The third kappa shape index (κ3) is 2.67. The zero-order valence-electron chi connectivity index (χ0n) is 12.9. The summed E-state index contributed by atoms with van der Waals surface area (Å²) in [5.41, 5.74) is 2.94. The Morgan fingerprint density at radius 3 is 1.50 bits per heavy atom. The van der Waals surface area contributed by atoms with Crippen molar-refractivity contribution in [1.82, 2.24) is 4.90 Å². The van der Waals surface area contributed by atoms with E-state index in [1.165, 1.54) is 54.9 Å². The van der Waals surface area contributed by atoms with Gasteiger partial charge in [-0.15, -0.1) is 0 Å². The van der Waals surface area contributed by atoms with E-state index < -0.39 is 0 Å². The molecule has 0 unspecified atom stereocenters. The molecule has 2 bridgehead atoms. The van der Waals surface area contributed by atoms with Gasteiger partial charge in [0.15, 0.2) is 0 Å². The SMILES string of the molecule is [Cl-].c1ccc(C(c2ccccc2)[N+]23CCN(CC2)CC3)cc1. The van der Waals surface area contributed by atoms with Gasteiger partial charge in [-0.2, -0.15) is 0 Å². The zero-order chi connectivity index (χ0) is 14.1. The van der Waals surface area contributed by atoms with Crippen molar-refractivity contribution in [3.05, 3.63) is 71.8 Å². The minimum Gasteiger partial charge on any atom is -1.00 e. The first-order valence-electron chi connectivity index (χ1n) is 8.05. The summed E-state index contributed by atoms with van der Waals surface area (Å²) in [5, 5.41) is 0. The molecular weight excluding hydrogens is 292 g/mol.